The monoisotopic (exact) mass is 490 g/mol. The summed E-state index contributed by atoms with van der Waals surface area (Å²) in [5, 5.41) is 10.0. The Morgan fingerprint density at radius 1 is 1.23 bits per heavy atom. The fraction of sp³-hybridized carbons (Fsp3) is 0.286. The first-order valence-corrected chi connectivity index (χ1v) is 10.5. The van der Waals surface area contributed by atoms with Gasteiger partial charge in [0.05, 0.1) is 14.2 Å². The number of aromatic nitrogens is 3. The SMILES string of the molecule is COc1cc(Br)c(CCNC(=O)Cn2c(-c3cccc(C)c3)n[nH]c2=S)cc1OC. The molecule has 9 heteroatoms. The molecule has 3 rings (SSSR count). The van der Waals surface area contributed by atoms with Crippen molar-refractivity contribution in [2.75, 3.05) is 20.8 Å². The van der Waals surface area contributed by atoms with Crippen LogP contribution in [0.1, 0.15) is 11.1 Å². The molecule has 3 aromatic rings. The molecule has 0 radical (unpaired) electrons. The molecule has 30 heavy (non-hydrogen) atoms. The standard InChI is InChI=1S/C21H23BrN4O3S/c1-13-5-4-6-15(9-13)20-24-25-21(30)26(20)12-19(27)23-8-7-14-10-17(28-2)18(29-3)11-16(14)22/h4-6,9-11H,7-8,12H2,1-3H3,(H,23,27)(H,25,30). The van der Waals surface area contributed by atoms with E-state index in [9.17, 15) is 4.79 Å². The van der Waals surface area contributed by atoms with Crippen LogP contribution in [0.5, 0.6) is 11.5 Å². The summed E-state index contributed by atoms with van der Waals surface area (Å²) in [6.45, 7) is 2.57. The van der Waals surface area contributed by atoms with E-state index < -0.39 is 0 Å². The molecule has 7 nitrogen and oxygen atoms in total. The molecule has 0 fully saturated rings. The number of aromatic amines is 1. The minimum Gasteiger partial charge on any atom is -0.493 e. The molecular formula is C21H23BrN4O3S. The minimum atomic E-state index is -0.141. The quantitative estimate of drug-likeness (QED) is 0.465. The van der Waals surface area contributed by atoms with Crippen molar-refractivity contribution in [2.45, 2.75) is 19.9 Å². The Morgan fingerprint density at radius 3 is 2.67 bits per heavy atom. The van der Waals surface area contributed by atoms with Crippen molar-refractivity contribution in [1.29, 1.82) is 0 Å². The van der Waals surface area contributed by atoms with Gasteiger partial charge in [-0.3, -0.25) is 14.5 Å². The lowest BCUT2D eigenvalue weighted by Crippen LogP contribution is -2.29. The van der Waals surface area contributed by atoms with E-state index in [2.05, 4.69) is 31.4 Å². The summed E-state index contributed by atoms with van der Waals surface area (Å²) in [7, 11) is 3.19. The maximum Gasteiger partial charge on any atom is 0.240 e. The topological polar surface area (TPSA) is 81.2 Å². The van der Waals surface area contributed by atoms with Crippen molar-refractivity contribution in [1.82, 2.24) is 20.1 Å². The number of carbonyl (C=O) groups is 1. The van der Waals surface area contributed by atoms with E-state index in [0.29, 0.717) is 35.1 Å². The lowest BCUT2D eigenvalue weighted by molar-refractivity contribution is -0.121. The van der Waals surface area contributed by atoms with Gasteiger partial charge in [0.15, 0.2) is 22.1 Å². The number of rotatable bonds is 8. The average molecular weight is 491 g/mol. The summed E-state index contributed by atoms with van der Waals surface area (Å²) >= 11 is 8.85. The van der Waals surface area contributed by atoms with Gasteiger partial charge >= 0.3 is 0 Å². The number of nitrogens with one attached hydrogen (secondary N) is 2. The van der Waals surface area contributed by atoms with Gasteiger partial charge in [0, 0.05) is 16.6 Å². The van der Waals surface area contributed by atoms with E-state index in [-0.39, 0.29) is 12.5 Å². The Bertz CT molecular complexity index is 1110. The molecule has 2 N–H and O–H groups in total. The molecule has 0 saturated carbocycles. The van der Waals surface area contributed by atoms with Crippen molar-refractivity contribution in [3.05, 3.63) is 56.8 Å². The van der Waals surface area contributed by atoms with E-state index in [1.807, 2.05) is 43.3 Å². The Morgan fingerprint density at radius 2 is 1.97 bits per heavy atom. The summed E-state index contributed by atoms with van der Waals surface area (Å²) in [4.78, 5) is 12.5. The van der Waals surface area contributed by atoms with Crippen LogP contribution in [0.2, 0.25) is 0 Å². The second kappa shape index (κ2) is 9.90. The van der Waals surface area contributed by atoms with E-state index in [1.165, 1.54) is 0 Å². The number of hydrogen-bond donors (Lipinski definition) is 2. The highest BCUT2D eigenvalue weighted by molar-refractivity contribution is 9.10. The van der Waals surface area contributed by atoms with Gasteiger partial charge in [-0.1, -0.05) is 39.7 Å². The van der Waals surface area contributed by atoms with Crippen molar-refractivity contribution >= 4 is 34.1 Å². The largest absolute Gasteiger partial charge is 0.493 e. The predicted octanol–water partition coefficient (Wildman–Crippen LogP) is 4.05. The first kappa shape index (κ1) is 22.0. The predicted molar refractivity (Wildman–Crippen MR) is 122 cm³/mol. The van der Waals surface area contributed by atoms with Crippen LogP contribution in [-0.4, -0.2) is 41.4 Å². The number of hydrogen-bond acceptors (Lipinski definition) is 5. The smallest absolute Gasteiger partial charge is 0.240 e. The number of nitrogens with zero attached hydrogens (tertiary/aromatic N) is 2. The maximum absolute atomic E-state index is 12.5. The number of H-pyrrole nitrogens is 1. The third-order valence-corrected chi connectivity index (χ3v) is 5.66. The van der Waals surface area contributed by atoms with Crippen LogP contribution in [0, 0.1) is 11.7 Å². The van der Waals surface area contributed by atoms with Gasteiger partial charge in [0.2, 0.25) is 5.91 Å². The third-order valence-electron chi connectivity index (χ3n) is 4.61. The second-order valence-electron chi connectivity index (χ2n) is 6.71. The van der Waals surface area contributed by atoms with Crippen LogP contribution in [0.25, 0.3) is 11.4 Å². The lowest BCUT2D eigenvalue weighted by atomic mass is 10.1. The molecule has 0 atom stereocenters. The van der Waals surface area contributed by atoms with Gasteiger partial charge in [0.25, 0.3) is 0 Å². The number of carbonyl (C=O) groups excluding carboxylic acids is 1. The first-order valence-electron chi connectivity index (χ1n) is 9.32. The maximum atomic E-state index is 12.5. The van der Waals surface area contributed by atoms with Crippen LogP contribution in [0.4, 0.5) is 0 Å². The fourth-order valence-electron chi connectivity index (χ4n) is 3.09. The summed E-state index contributed by atoms with van der Waals surface area (Å²) < 4.78 is 13.6. The first-order chi connectivity index (χ1) is 14.4. The van der Waals surface area contributed by atoms with Crippen LogP contribution in [-0.2, 0) is 17.8 Å². The molecule has 1 heterocycles. The minimum absolute atomic E-state index is 0.0890. The molecule has 0 aliphatic rings. The Labute approximate surface area is 188 Å². The molecular weight excluding hydrogens is 468 g/mol. The van der Waals surface area contributed by atoms with Gasteiger partial charge in [-0.25, -0.2) is 0 Å². The fourth-order valence-corrected chi connectivity index (χ4v) is 3.81. The number of amides is 1. The van der Waals surface area contributed by atoms with Crippen LogP contribution in [0.15, 0.2) is 40.9 Å². The van der Waals surface area contributed by atoms with Gasteiger partial charge in [-0.2, -0.15) is 5.10 Å². The Hall–Kier alpha value is -2.65. The van der Waals surface area contributed by atoms with E-state index in [0.717, 1.165) is 21.2 Å². The third kappa shape index (κ3) is 5.09. The van der Waals surface area contributed by atoms with Gasteiger partial charge in [-0.05, 0) is 49.3 Å². The highest BCUT2D eigenvalue weighted by atomic mass is 79.9. The number of ether oxygens (including phenoxy) is 2. The molecule has 158 valence electrons. The zero-order valence-corrected chi connectivity index (χ0v) is 19.4. The van der Waals surface area contributed by atoms with Crippen LogP contribution < -0.4 is 14.8 Å². The summed E-state index contributed by atoms with van der Waals surface area (Å²) in [5.41, 5.74) is 3.02. The Balaban J connectivity index is 1.65. The number of halogens is 1. The number of aryl methyl sites for hydroxylation is 1. The van der Waals surface area contributed by atoms with Gasteiger partial charge in [-0.15, -0.1) is 0 Å². The van der Waals surface area contributed by atoms with Crippen LogP contribution in [0.3, 0.4) is 0 Å². The Kier molecular flexibility index (Phi) is 7.28. The molecule has 1 amide bonds. The van der Waals surface area contributed by atoms with Gasteiger partial charge < -0.3 is 14.8 Å². The highest BCUT2D eigenvalue weighted by Gasteiger charge is 2.13. The summed E-state index contributed by atoms with van der Waals surface area (Å²) in [5.74, 6) is 1.80. The highest BCUT2D eigenvalue weighted by Crippen LogP contribution is 2.33. The number of methoxy groups -OCH3 is 2. The average Bonchev–Trinajstić information content (AvgIpc) is 3.09. The molecule has 2 aromatic carbocycles. The lowest BCUT2D eigenvalue weighted by Gasteiger charge is -2.13. The zero-order chi connectivity index (χ0) is 21.7. The van der Waals surface area contributed by atoms with E-state index in [4.69, 9.17) is 21.7 Å². The molecule has 0 saturated heterocycles. The molecule has 1 aromatic heterocycles. The number of benzene rings is 2. The normalized spacial score (nSPS) is 10.7. The molecule has 0 unspecified atom stereocenters. The zero-order valence-electron chi connectivity index (χ0n) is 17.0. The molecule has 0 aliphatic heterocycles. The van der Waals surface area contributed by atoms with E-state index in [1.54, 1.807) is 18.8 Å². The molecule has 0 aliphatic carbocycles. The molecule has 0 bridgehead atoms. The van der Waals surface area contributed by atoms with Crippen molar-refractivity contribution in [3.8, 4) is 22.9 Å². The molecule has 0 spiro atoms. The summed E-state index contributed by atoms with van der Waals surface area (Å²) in [6, 6.07) is 11.7. The van der Waals surface area contributed by atoms with Gasteiger partial charge in [0.1, 0.15) is 6.54 Å². The van der Waals surface area contributed by atoms with E-state index >= 15 is 0 Å². The van der Waals surface area contributed by atoms with Crippen molar-refractivity contribution < 1.29 is 14.3 Å². The second-order valence-corrected chi connectivity index (χ2v) is 7.95. The summed E-state index contributed by atoms with van der Waals surface area (Å²) in [6.07, 6.45) is 0.633. The van der Waals surface area contributed by atoms with Crippen LogP contribution >= 0.6 is 28.1 Å². The van der Waals surface area contributed by atoms with Crippen molar-refractivity contribution in [3.63, 3.8) is 0 Å². The van der Waals surface area contributed by atoms with Crippen molar-refractivity contribution in [2.24, 2.45) is 0 Å².